The van der Waals surface area contributed by atoms with E-state index in [1.54, 1.807) is 28.1 Å². The third-order valence-corrected chi connectivity index (χ3v) is 6.05. The first-order valence-corrected chi connectivity index (χ1v) is 9.96. The van der Waals surface area contributed by atoms with Crippen molar-refractivity contribution in [2.45, 2.75) is 32.1 Å². The Morgan fingerprint density at radius 3 is 2.27 bits per heavy atom. The van der Waals surface area contributed by atoms with Crippen LogP contribution in [-0.4, -0.2) is 52.7 Å². The van der Waals surface area contributed by atoms with E-state index in [1.807, 2.05) is 25.1 Å². The van der Waals surface area contributed by atoms with Gasteiger partial charge in [-0.3, -0.25) is 0 Å². The summed E-state index contributed by atoms with van der Waals surface area (Å²) < 4.78 is 33.2. The minimum Gasteiger partial charge on any atom is -0.493 e. The molecule has 0 bridgehead atoms. The molecule has 0 aliphatic rings. The van der Waals surface area contributed by atoms with Crippen LogP contribution in [0.3, 0.4) is 0 Å². The molecule has 0 aliphatic heterocycles. The normalized spacial score (nSPS) is 12.2. The summed E-state index contributed by atoms with van der Waals surface area (Å²) in [5, 5.41) is 6.21. The predicted octanol–water partition coefficient (Wildman–Crippen LogP) is 2.20. The fraction of sp³-hybridized carbons (Fsp3) is 0.588. The number of sulfone groups is 1. The second-order valence-corrected chi connectivity index (χ2v) is 8.92. The molecule has 0 aliphatic carbocycles. The van der Waals surface area contributed by atoms with Gasteiger partial charge in [-0.2, -0.15) is 0 Å². The zero-order valence-corrected chi connectivity index (χ0v) is 19.4. The lowest BCUT2D eigenvalue weighted by molar-refractivity contribution is 0.354. The average molecular weight is 499 g/mol. The topological polar surface area (TPSA) is 89.0 Å². The summed E-state index contributed by atoms with van der Waals surface area (Å²) in [6.07, 6.45) is 1.24. The van der Waals surface area contributed by atoms with E-state index in [9.17, 15) is 8.42 Å². The molecule has 0 radical (unpaired) electrons. The van der Waals surface area contributed by atoms with Crippen molar-refractivity contribution in [3.05, 3.63) is 23.8 Å². The molecule has 7 nitrogen and oxygen atoms in total. The van der Waals surface area contributed by atoms with Crippen LogP contribution in [0.4, 0.5) is 0 Å². The molecule has 2 N–H and O–H groups in total. The van der Waals surface area contributed by atoms with Crippen LogP contribution in [-0.2, 0) is 16.4 Å². The molecule has 1 rings (SSSR count). The van der Waals surface area contributed by atoms with Crippen molar-refractivity contribution in [1.82, 2.24) is 10.6 Å². The fourth-order valence-corrected chi connectivity index (χ4v) is 2.25. The van der Waals surface area contributed by atoms with Crippen LogP contribution < -0.4 is 20.1 Å². The van der Waals surface area contributed by atoms with Gasteiger partial charge in [0.15, 0.2) is 27.3 Å². The quantitative estimate of drug-likeness (QED) is 0.324. The van der Waals surface area contributed by atoms with E-state index in [1.165, 1.54) is 6.26 Å². The van der Waals surface area contributed by atoms with Gasteiger partial charge < -0.3 is 20.1 Å². The van der Waals surface area contributed by atoms with Gasteiger partial charge in [0, 0.05) is 19.3 Å². The summed E-state index contributed by atoms with van der Waals surface area (Å²) in [5.74, 6) is 1.87. The summed E-state index contributed by atoms with van der Waals surface area (Å²) in [5.41, 5.74) is 0.956. The Balaban J connectivity index is 0.00000625. The Morgan fingerprint density at radius 2 is 1.77 bits per heavy atom. The van der Waals surface area contributed by atoms with E-state index >= 15 is 0 Å². The molecule has 0 fully saturated rings. The number of guanidine groups is 1. The highest BCUT2D eigenvalue weighted by Crippen LogP contribution is 2.27. The summed E-state index contributed by atoms with van der Waals surface area (Å²) in [6.45, 7) is 6.70. The first-order valence-electron chi connectivity index (χ1n) is 8.07. The Morgan fingerprint density at radius 1 is 1.15 bits per heavy atom. The molecule has 0 unspecified atom stereocenters. The highest BCUT2D eigenvalue weighted by atomic mass is 127. The third kappa shape index (κ3) is 7.18. The largest absolute Gasteiger partial charge is 0.493 e. The maximum atomic E-state index is 11.8. The molecular weight excluding hydrogens is 469 g/mol. The minimum absolute atomic E-state index is 0. The van der Waals surface area contributed by atoms with E-state index in [0.717, 1.165) is 5.56 Å². The number of hydrogen-bond acceptors (Lipinski definition) is 5. The molecule has 150 valence electrons. The molecule has 0 atom stereocenters. The van der Waals surface area contributed by atoms with E-state index in [0.29, 0.717) is 30.5 Å². The van der Waals surface area contributed by atoms with Gasteiger partial charge in [0.25, 0.3) is 0 Å². The molecule has 0 saturated carbocycles. The first kappa shape index (κ1) is 24.8. The monoisotopic (exact) mass is 499 g/mol. The number of methoxy groups -OCH3 is 2. The number of aliphatic imine (C=N–C) groups is 1. The van der Waals surface area contributed by atoms with Gasteiger partial charge in [-0.05, 0) is 38.5 Å². The van der Waals surface area contributed by atoms with Gasteiger partial charge in [0.1, 0.15) is 0 Å². The number of benzene rings is 1. The summed E-state index contributed by atoms with van der Waals surface area (Å²) in [6, 6.07) is 5.61. The number of ether oxygens (including phenoxy) is 2. The maximum absolute atomic E-state index is 11.8. The first-order chi connectivity index (χ1) is 11.6. The van der Waals surface area contributed by atoms with Crippen molar-refractivity contribution in [2.75, 3.05) is 33.6 Å². The number of hydrogen-bond donors (Lipinski definition) is 2. The van der Waals surface area contributed by atoms with Crippen LogP contribution in [0.2, 0.25) is 0 Å². The predicted molar refractivity (Wildman–Crippen MR) is 117 cm³/mol. The van der Waals surface area contributed by atoms with Crippen LogP contribution >= 0.6 is 24.0 Å². The average Bonchev–Trinajstić information content (AvgIpc) is 2.56. The zero-order valence-electron chi connectivity index (χ0n) is 16.3. The zero-order chi connectivity index (χ0) is 19.1. The van der Waals surface area contributed by atoms with E-state index in [2.05, 4.69) is 15.6 Å². The van der Waals surface area contributed by atoms with Gasteiger partial charge in [-0.1, -0.05) is 6.07 Å². The molecule has 0 heterocycles. The van der Waals surface area contributed by atoms with Gasteiger partial charge in [0.2, 0.25) is 0 Å². The lowest BCUT2D eigenvalue weighted by Gasteiger charge is -2.24. The van der Waals surface area contributed by atoms with Gasteiger partial charge in [-0.15, -0.1) is 24.0 Å². The van der Waals surface area contributed by atoms with E-state index < -0.39 is 14.6 Å². The lowest BCUT2D eigenvalue weighted by Crippen LogP contribution is -2.47. The Bertz CT molecular complexity index is 706. The molecule has 9 heteroatoms. The van der Waals surface area contributed by atoms with Crippen molar-refractivity contribution in [2.24, 2.45) is 4.99 Å². The van der Waals surface area contributed by atoms with Crippen LogP contribution in [0.1, 0.15) is 26.3 Å². The molecule has 1 aromatic rings. The second kappa shape index (κ2) is 10.8. The van der Waals surface area contributed by atoms with Crippen molar-refractivity contribution in [1.29, 1.82) is 0 Å². The standard InChI is InChI=1S/C17H29N3O4S.HI/c1-7-18-16(20-12-17(2,3)25(6,21)22)19-11-13-8-9-14(23-4)15(10-13)24-5;/h8-10H,7,11-12H2,1-6H3,(H2,18,19,20);1H. The minimum atomic E-state index is -3.17. The summed E-state index contributed by atoms with van der Waals surface area (Å²) in [4.78, 5) is 4.50. The molecule has 0 spiro atoms. The third-order valence-electron chi connectivity index (χ3n) is 3.90. The summed E-state index contributed by atoms with van der Waals surface area (Å²) >= 11 is 0. The van der Waals surface area contributed by atoms with E-state index in [-0.39, 0.29) is 30.5 Å². The Labute approximate surface area is 173 Å². The fourth-order valence-electron chi connectivity index (χ4n) is 1.92. The number of nitrogens with one attached hydrogen (secondary N) is 2. The van der Waals surface area contributed by atoms with Crippen LogP contribution in [0, 0.1) is 0 Å². The van der Waals surface area contributed by atoms with Crippen molar-refractivity contribution < 1.29 is 17.9 Å². The van der Waals surface area contributed by atoms with Crippen molar-refractivity contribution in [3.8, 4) is 11.5 Å². The number of rotatable bonds is 8. The molecule has 1 aromatic carbocycles. The van der Waals surface area contributed by atoms with Crippen LogP contribution in [0.5, 0.6) is 11.5 Å². The molecule has 26 heavy (non-hydrogen) atoms. The molecule has 0 aromatic heterocycles. The summed E-state index contributed by atoms with van der Waals surface area (Å²) in [7, 11) is 0.00429. The molecule has 0 amide bonds. The van der Waals surface area contributed by atoms with Gasteiger partial charge in [-0.25, -0.2) is 13.4 Å². The lowest BCUT2D eigenvalue weighted by atomic mass is 10.2. The van der Waals surface area contributed by atoms with Crippen LogP contribution in [0.25, 0.3) is 0 Å². The highest BCUT2D eigenvalue weighted by molar-refractivity contribution is 14.0. The molecule has 0 saturated heterocycles. The number of halogens is 1. The van der Waals surface area contributed by atoms with Crippen molar-refractivity contribution in [3.63, 3.8) is 0 Å². The molecular formula is C17H30IN3O4S. The Hall–Kier alpha value is -1.23. The smallest absolute Gasteiger partial charge is 0.191 e. The van der Waals surface area contributed by atoms with Gasteiger partial charge in [0.05, 0.1) is 25.5 Å². The van der Waals surface area contributed by atoms with Gasteiger partial charge >= 0.3 is 0 Å². The van der Waals surface area contributed by atoms with Crippen LogP contribution in [0.15, 0.2) is 23.2 Å². The van der Waals surface area contributed by atoms with Crippen molar-refractivity contribution >= 4 is 39.8 Å². The number of nitrogens with zero attached hydrogens (tertiary/aromatic N) is 1. The maximum Gasteiger partial charge on any atom is 0.191 e. The van der Waals surface area contributed by atoms with E-state index in [4.69, 9.17) is 9.47 Å². The second-order valence-electron chi connectivity index (χ2n) is 6.27. The Kier molecular flexibility index (Phi) is 10.3. The highest BCUT2D eigenvalue weighted by Gasteiger charge is 2.30. The SMILES string of the molecule is CCNC(=NCc1ccc(OC)c(OC)c1)NCC(C)(C)S(C)(=O)=O.I.